The fourth-order valence-corrected chi connectivity index (χ4v) is 2.55. The minimum Gasteiger partial charge on any atom is -0.496 e. The van der Waals surface area contributed by atoms with E-state index in [-0.39, 0.29) is 17.9 Å². The molecule has 1 aromatic rings. The van der Waals surface area contributed by atoms with Crippen molar-refractivity contribution < 1.29 is 14.3 Å². The molecule has 108 valence electrons. The Labute approximate surface area is 118 Å². The molecule has 0 aliphatic carbocycles. The van der Waals surface area contributed by atoms with Gasteiger partial charge in [-0.3, -0.25) is 9.59 Å². The molecule has 0 aromatic heterocycles. The summed E-state index contributed by atoms with van der Waals surface area (Å²) < 4.78 is 5.25. The molecule has 1 atom stereocenters. The Kier molecular flexibility index (Phi) is 4.61. The first kappa shape index (κ1) is 14.4. The lowest BCUT2D eigenvalue weighted by atomic mass is 10.1. The van der Waals surface area contributed by atoms with Crippen molar-refractivity contribution in [3.63, 3.8) is 0 Å². The highest BCUT2D eigenvalue weighted by molar-refractivity contribution is 5.90. The molecule has 1 aromatic carbocycles. The topological polar surface area (TPSA) is 58.6 Å². The zero-order valence-electron chi connectivity index (χ0n) is 11.9. The number of likely N-dealkylation sites (N-methyl/N-ethyl adjacent to an activating group) is 1. The Morgan fingerprint density at radius 2 is 2.20 bits per heavy atom. The molecule has 1 aliphatic rings. The van der Waals surface area contributed by atoms with Crippen LogP contribution in [0.4, 0.5) is 0 Å². The number of benzene rings is 1. The highest BCUT2D eigenvalue weighted by Gasteiger charge is 2.34. The molecule has 1 fully saturated rings. The number of carbonyl (C=O) groups is 2. The lowest BCUT2D eigenvalue weighted by molar-refractivity contribution is -0.135. The molecule has 5 nitrogen and oxygen atoms in total. The van der Waals surface area contributed by atoms with Gasteiger partial charge in [-0.1, -0.05) is 18.2 Å². The molecule has 0 saturated carbocycles. The van der Waals surface area contributed by atoms with Crippen molar-refractivity contribution in [3.8, 4) is 5.75 Å². The average molecular weight is 276 g/mol. The molecule has 0 bridgehead atoms. The number of para-hydroxylation sites is 1. The third-order valence-electron chi connectivity index (χ3n) is 3.62. The van der Waals surface area contributed by atoms with Gasteiger partial charge in [0.05, 0.1) is 7.11 Å². The van der Waals surface area contributed by atoms with Crippen LogP contribution in [0.15, 0.2) is 24.3 Å². The molecule has 0 radical (unpaired) electrons. The van der Waals surface area contributed by atoms with Crippen molar-refractivity contribution in [1.82, 2.24) is 10.2 Å². The van der Waals surface area contributed by atoms with Gasteiger partial charge in [0.15, 0.2) is 0 Å². The van der Waals surface area contributed by atoms with Gasteiger partial charge in [0.1, 0.15) is 11.8 Å². The van der Waals surface area contributed by atoms with Crippen molar-refractivity contribution in [3.05, 3.63) is 29.8 Å². The molecule has 1 N–H and O–H groups in total. The molecule has 2 amide bonds. The number of carbonyl (C=O) groups excluding carboxylic acids is 2. The molecule has 5 heteroatoms. The van der Waals surface area contributed by atoms with E-state index in [0.717, 1.165) is 11.3 Å². The first-order valence-corrected chi connectivity index (χ1v) is 6.86. The summed E-state index contributed by atoms with van der Waals surface area (Å²) in [5, 5.41) is 2.89. The number of nitrogens with one attached hydrogen (secondary N) is 1. The van der Waals surface area contributed by atoms with Crippen LogP contribution in [-0.4, -0.2) is 36.4 Å². The summed E-state index contributed by atoms with van der Waals surface area (Å²) in [7, 11) is 1.61. The lowest BCUT2D eigenvalue weighted by Gasteiger charge is -2.22. The van der Waals surface area contributed by atoms with Gasteiger partial charge in [0.2, 0.25) is 11.8 Å². The quantitative estimate of drug-likeness (QED) is 0.882. The minimum atomic E-state index is -0.331. The first-order chi connectivity index (χ1) is 9.67. The monoisotopic (exact) mass is 276 g/mol. The maximum Gasteiger partial charge on any atom is 0.243 e. The summed E-state index contributed by atoms with van der Waals surface area (Å²) >= 11 is 0. The van der Waals surface area contributed by atoms with Crippen LogP contribution < -0.4 is 10.1 Å². The number of hydrogen-bond acceptors (Lipinski definition) is 3. The second-order valence-electron chi connectivity index (χ2n) is 4.76. The second kappa shape index (κ2) is 6.41. The number of hydrogen-bond donors (Lipinski definition) is 1. The fraction of sp³-hybridized carbons (Fsp3) is 0.467. The molecule has 1 aliphatic heterocycles. The first-order valence-electron chi connectivity index (χ1n) is 6.86. The van der Waals surface area contributed by atoms with Crippen LogP contribution >= 0.6 is 0 Å². The van der Waals surface area contributed by atoms with Crippen molar-refractivity contribution in [2.24, 2.45) is 0 Å². The SMILES string of the molecule is CCN1C(=O)CC[C@H]1C(=O)NCc1ccccc1OC. The Bertz CT molecular complexity index is 502. The number of nitrogens with zero attached hydrogens (tertiary/aromatic N) is 1. The van der Waals surface area contributed by atoms with E-state index in [1.807, 2.05) is 31.2 Å². The van der Waals surface area contributed by atoms with Gasteiger partial charge in [-0.05, 0) is 19.4 Å². The number of amides is 2. The minimum absolute atomic E-state index is 0.0601. The fourth-order valence-electron chi connectivity index (χ4n) is 2.55. The van der Waals surface area contributed by atoms with Crippen LogP contribution in [0, 0.1) is 0 Å². The van der Waals surface area contributed by atoms with Crippen LogP contribution in [0.5, 0.6) is 5.75 Å². The highest BCUT2D eigenvalue weighted by atomic mass is 16.5. The van der Waals surface area contributed by atoms with E-state index in [1.165, 1.54) is 0 Å². The predicted octanol–water partition coefficient (Wildman–Crippen LogP) is 1.32. The number of methoxy groups -OCH3 is 1. The zero-order chi connectivity index (χ0) is 14.5. The summed E-state index contributed by atoms with van der Waals surface area (Å²) in [6.07, 6.45) is 1.06. The third-order valence-corrected chi connectivity index (χ3v) is 3.62. The van der Waals surface area contributed by atoms with E-state index in [2.05, 4.69) is 5.32 Å². The molecule has 1 heterocycles. The number of ether oxygens (including phenoxy) is 1. The summed E-state index contributed by atoms with van der Waals surface area (Å²) in [6.45, 7) is 2.88. The van der Waals surface area contributed by atoms with Crippen LogP contribution in [0.2, 0.25) is 0 Å². The summed E-state index contributed by atoms with van der Waals surface area (Å²) in [4.78, 5) is 25.4. The van der Waals surface area contributed by atoms with E-state index < -0.39 is 0 Å². The predicted molar refractivity (Wildman–Crippen MR) is 75.2 cm³/mol. The highest BCUT2D eigenvalue weighted by Crippen LogP contribution is 2.20. The second-order valence-corrected chi connectivity index (χ2v) is 4.76. The van der Waals surface area contributed by atoms with Crippen molar-refractivity contribution in [2.45, 2.75) is 32.4 Å². The van der Waals surface area contributed by atoms with Gasteiger partial charge in [0, 0.05) is 25.1 Å². The third kappa shape index (κ3) is 2.92. The Morgan fingerprint density at radius 3 is 2.90 bits per heavy atom. The Morgan fingerprint density at radius 1 is 1.45 bits per heavy atom. The normalized spacial score (nSPS) is 18.2. The maximum atomic E-state index is 12.2. The van der Waals surface area contributed by atoms with E-state index in [0.29, 0.717) is 25.9 Å². The zero-order valence-corrected chi connectivity index (χ0v) is 11.9. The van der Waals surface area contributed by atoms with Crippen molar-refractivity contribution in [1.29, 1.82) is 0 Å². The van der Waals surface area contributed by atoms with Gasteiger partial charge < -0.3 is 15.0 Å². The summed E-state index contributed by atoms with van der Waals surface area (Å²) in [5.41, 5.74) is 0.927. The van der Waals surface area contributed by atoms with E-state index in [9.17, 15) is 9.59 Å². The molecular formula is C15H20N2O3. The van der Waals surface area contributed by atoms with Crippen molar-refractivity contribution in [2.75, 3.05) is 13.7 Å². The number of likely N-dealkylation sites (tertiary alicyclic amines) is 1. The summed E-state index contributed by atoms with van der Waals surface area (Å²) in [5.74, 6) is 0.719. The van der Waals surface area contributed by atoms with E-state index in [1.54, 1.807) is 12.0 Å². The standard InChI is InChI=1S/C15H20N2O3/c1-3-17-12(8-9-14(17)18)15(19)16-10-11-6-4-5-7-13(11)20-2/h4-7,12H,3,8-10H2,1-2H3,(H,16,19)/t12-/m0/s1. The number of rotatable bonds is 5. The van der Waals surface area contributed by atoms with Crippen LogP contribution in [-0.2, 0) is 16.1 Å². The molecule has 2 rings (SSSR count). The van der Waals surface area contributed by atoms with Crippen LogP contribution in [0.25, 0.3) is 0 Å². The largest absolute Gasteiger partial charge is 0.496 e. The summed E-state index contributed by atoms with van der Waals surface area (Å²) in [6, 6.07) is 7.23. The van der Waals surface area contributed by atoms with Gasteiger partial charge in [-0.25, -0.2) is 0 Å². The van der Waals surface area contributed by atoms with E-state index in [4.69, 9.17) is 4.74 Å². The smallest absolute Gasteiger partial charge is 0.243 e. The maximum absolute atomic E-state index is 12.2. The van der Waals surface area contributed by atoms with Gasteiger partial charge >= 0.3 is 0 Å². The Hall–Kier alpha value is -2.04. The molecular weight excluding hydrogens is 256 g/mol. The molecule has 0 spiro atoms. The van der Waals surface area contributed by atoms with Crippen LogP contribution in [0.1, 0.15) is 25.3 Å². The lowest BCUT2D eigenvalue weighted by Crippen LogP contribution is -2.44. The van der Waals surface area contributed by atoms with Crippen molar-refractivity contribution >= 4 is 11.8 Å². The van der Waals surface area contributed by atoms with Gasteiger partial charge in [-0.15, -0.1) is 0 Å². The molecule has 0 unspecified atom stereocenters. The van der Waals surface area contributed by atoms with Crippen LogP contribution in [0.3, 0.4) is 0 Å². The van der Waals surface area contributed by atoms with Gasteiger partial charge in [0.25, 0.3) is 0 Å². The van der Waals surface area contributed by atoms with E-state index >= 15 is 0 Å². The molecule has 20 heavy (non-hydrogen) atoms. The molecule has 1 saturated heterocycles. The average Bonchev–Trinajstić information content (AvgIpc) is 2.86. The van der Waals surface area contributed by atoms with Gasteiger partial charge in [-0.2, -0.15) is 0 Å². The Balaban J connectivity index is 1.97.